The van der Waals surface area contributed by atoms with Crippen molar-refractivity contribution in [1.82, 2.24) is 10.2 Å². The molecule has 1 saturated carbocycles. The number of benzene rings is 1. The number of hydrogen-bond acceptors (Lipinski definition) is 2. The van der Waals surface area contributed by atoms with E-state index in [1.807, 2.05) is 0 Å². The van der Waals surface area contributed by atoms with Crippen LogP contribution < -0.4 is 5.32 Å². The number of carbonyl (C=O) groups is 1. The first-order valence-corrected chi connectivity index (χ1v) is 7.14. The number of carbonyl (C=O) groups excluding carboxylic acids is 1. The van der Waals surface area contributed by atoms with E-state index in [1.54, 1.807) is 6.07 Å². The second-order valence-corrected chi connectivity index (χ2v) is 5.74. The van der Waals surface area contributed by atoms with Crippen LogP contribution in [0.25, 0.3) is 0 Å². The lowest BCUT2D eigenvalue weighted by atomic mass is 9.98. The summed E-state index contributed by atoms with van der Waals surface area (Å²) in [7, 11) is 0. The molecule has 6 heteroatoms. The lowest BCUT2D eigenvalue weighted by molar-refractivity contribution is -0.135. The fourth-order valence-electron chi connectivity index (χ4n) is 3.41. The topological polar surface area (TPSA) is 32.3 Å². The van der Waals surface area contributed by atoms with Crippen molar-refractivity contribution in [3.05, 3.63) is 35.6 Å². The van der Waals surface area contributed by atoms with Gasteiger partial charge in [-0.1, -0.05) is 25.0 Å². The summed E-state index contributed by atoms with van der Waals surface area (Å²) in [5.41, 5.74) is -0.237. The van der Waals surface area contributed by atoms with Crippen LogP contribution >= 0.6 is 0 Å². The summed E-state index contributed by atoms with van der Waals surface area (Å²) in [6.07, 6.45) is -0.188. The zero-order valence-electron chi connectivity index (χ0n) is 11.5. The quantitative estimate of drug-likeness (QED) is 0.930. The summed E-state index contributed by atoms with van der Waals surface area (Å²) in [6.45, 7) is -0.630. The fraction of sp³-hybridized carbons (Fsp3) is 0.533. The van der Waals surface area contributed by atoms with Gasteiger partial charge in [0.1, 0.15) is 12.0 Å². The van der Waals surface area contributed by atoms with Crippen LogP contribution in [0.4, 0.5) is 13.2 Å². The molecule has 1 aliphatic carbocycles. The van der Waals surface area contributed by atoms with Crippen LogP contribution in [-0.4, -0.2) is 29.3 Å². The van der Waals surface area contributed by atoms with Crippen LogP contribution in [-0.2, 0) is 4.79 Å². The molecule has 1 unspecified atom stereocenters. The van der Waals surface area contributed by atoms with Crippen molar-refractivity contribution in [3.63, 3.8) is 0 Å². The summed E-state index contributed by atoms with van der Waals surface area (Å²) >= 11 is 0. The number of alkyl halides is 2. The maximum Gasteiger partial charge on any atom is 0.255 e. The van der Waals surface area contributed by atoms with Crippen molar-refractivity contribution in [2.24, 2.45) is 0 Å². The molecule has 1 saturated heterocycles. The van der Waals surface area contributed by atoms with Gasteiger partial charge < -0.3 is 4.90 Å². The molecule has 1 heterocycles. The molecular formula is C15H17F3N2O. The van der Waals surface area contributed by atoms with Crippen molar-refractivity contribution >= 4 is 5.91 Å². The molecule has 1 aromatic rings. The molecule has 1 aliphatic heterocycles. The van der Waals surface area contributed by atoms with Gasteiger partial charge in [-0.05, 0) is 30.5 Å². The first-order valence-electron chi connectivity index (χ1n) is 7.14. The van der Waals surface area contributed by atoms with Crippen LogP contribution in [0.5, 0.6) is 0 Å². The Labute approximate surface area is 121 Å². The van der Waals surface area contributed by atoms with E-state index in [9.17, 15) is 18.0 Å². The summed E-state index contributed by atoms with van der Waals surface area (Å²) in [5.74, 6) is -0.722. The Bertz CT molecular complexity index is 543. The smallest absolute Gasteiger partial charge is 0.255 e. The third kappa shape index (κ3) is 2.52. The lowest BCUT2D eigenvalue weighted by Gasteiger charge is -2.24. The molecule has 21 heavy (non-hydrogen) atoms. The van der Waals surface area contributed by atoms with Crippen LogP contribution in [0.3, 0.4) is 0 Å². The van der Waals surface area contributed by atoms with E-state index >= 15 is 0 Å². The Morgan fingerprint density at radius 1 is 1.33 bits per heavy atom. The van der Waals surface area contributed by atoms with Crippen LogP contribution in [0.1, 0.15) is 37.4 Å². The molecule has 2 aliphatic rings. The minimum absolute atomic E-state index is 0.283. The van der Waals surface area contributed by atoms with E-state index in [4.69, 9.17) is 0 Å². The number of rotatable bonds is 3. The molecule has 3 rings (SSSR count). The molecule has 1 amide bonds. The molecule has 1 atom stereocenters. The van der Waals surface area contributed by atoms with Crippen LogP contribution in [0.2, 0.25) is 0 Å². The van der Waals surface area contributed by atoms with Gasteiger partial charge in [0.15, 0.2) is 0 Å². The molecule has 3 nitrogen and oxygen atoms in total. The van der Waals surface area contributed by atoms with Gasteiger partial charge in [0.05, 0.1) is 12.1 Å². The Hall–Kier alpha value is -1.56. The Balaban J connectivity index is 1.94. The third-order valence-electron chi connectivity index (χ3n) is 4.35. The molecule has 1 spiro atoms. The predicted octanol–water partition coefficient (Wildman–Crippen LogP) is 2.83. The number of amides is 1. The monoisotopic (exact) mass is 298 g/mol. The predicted molar refractivity (Wildman–Crippen MR) is 71.2 cm³/mol. The Morgan fingerprint density at radius 3 is 2.67 bits per heavy atom. The number of hydrogen-bond donors (Lipinski definition) is 1. The highest BCUT2D eigenvalue weighted by Gasteiger charge is 2.53. The number of nitrogens with zero attached hydrogens (tertiary/aromatic N) is 1. The highest BCUT2D eigenvalue weighted by Crippen LogP contribution is 2.41. The maximum absolute atomic E-state index is 13.4. The van der Waals surface area contributed by atoms with Gasteiger partial charge in [0.2, 0.25) is 5.91 Å². The van der Waals surface area contributed by atoms with E-state index in [-0.39, 0.29) is 5.91 Å². The molecular weight excluding hydrogens is 281 g/mol. The highest BCUT2D eigenvalue weighted by molar-refractivity contribution is 5.89. The zero-order valence-corrected chi connectivity index (χ0v) is 11.5. The largest absolute Gasteiger partial charge is 0.316 e. The van der Waals surface area contributed by atoms with Gasteiger partial charge in [-0.2, -0.15) is 0 Å². The molecule has 1 N–H and O–H groups in total. The van der Waals surface area contributed by atoms with E-state index in [0.717, 1.165) is 17.7 Å². The normalized spacial score (nSPS) is 24.5. The third-order valence-corrected chi connectivity index (χ3v) is 4.35. The SMILES string of the molecule is O=C1N(CC(F)F)C(c2cccc(F)c2)NC12CCCC2. The van der Waals surface area contributed by atoms with Gasteiger partial charge in [-0.15, -0.1) is 0 Å². The zero-order chi connectivity index (χ0) is 15.0. The number of halogens is 3. The molecule has 0 radical (unpaired) electrons. The summed E-state index contributed by atoms with van der Waals surface area (Å²) in [6, 6.07) is 5.76. The second kappa shape index (κ2) is 5.33. The summed E-state index contributed by atoms with van der Waals surface area (Å²) < 4.78 is 39.0. The van der Waals surface area contributed by atoms with Crippen molar-refractivity contribution in [1.29, 1.82) is 0 Å². The van der Waals surface area contributed by atoms with Crippen molar-refractivity contribution in [2.75, 3.05) is 6.54 Å². The number of nitrogens with one attached hydrogen (secondary N) is 1. The second-order valence-electron chi connectivity index (χ2n) is 5.74. The van der Waals surface area contributed by atoms with Gasteiger partial charge in [-0.3, -0.25) is 10.1 Å². The highest BCUT2D eigenvalue weighted by atomic mass is 19.3. The molecule has 2 fully saturated rings. The van der Waals surface area contributed by atoms with E-state index < -0.39 is 30.5 Å². The standard InChI is InChI=1S/C15H17F3N2O/c16-11-5-3-4-10(8-11)13-19-15(6-1-2-7-15)14(21)20(13)9-12(17)18/h3-5,8,12-13,19H,1-2,6-7,9H2. The Morgan fingerprint density at radius 2 is 2.05 bits per heavy atom. The van der Waals surface area contributed by atoms with Gasteiger partial charge >= 0.3 is 0 Å². The van der Waals surface area contributed by atoms with Crippen molar-refractivity contribution in [3.8, 4) is 0 Å². The van der Waals surface area contributed by atoms with E-state index in [1.165, 1.54) is 18.2 Å². The summed E-state index contributed by atoms with van der Waals surface area (Å²) in [5, 5.41) is 3.19. The lowest BCUT2D eigenvalue weighted by Crippen LogP contribution is -2.44. The minimum atomic E-state index is -2.61. The Kier molecular flexibility index (Phi) is 3.65. The van der Waals surface area contributed by atoms with Gasteiger partial charge in [0, 0.05) is 0 Å². The van der Waals surface area contributed by atoms with Crippen LogP contribution in [0, 0.1) is 5.82 Å². The molecule has 1 aromatic carbocycles. The maximum atomic E-state index is 13.4. The fourth-order valence-corrected chi connectivity index (χ4v) is 3.41. The average molecular weight is 298 g/mol. The molecule has 114 valence electrons. The average Bonchev–Trinajstić information content (AvgIpc) is 3.00. The van der Waals surface area contributed by atoms with Gasteiger partial charge in [0.25, 0.3) is 6.43 Å². The summed E-state index contributed by atoms with van der Waals surface area (Å²) in [4.78, 5) is 13.7. The molecule has 0 bridgehead atoms. The van der Waals surface area contributed by atoms with Gasteiger partial charge in [-0.25, -0.2) is 13.2 Å². The molecule has 0 aromatic heterocycles. The first-order chi connectivity index (χ1) is 10.0. The van der Waals surface area contributed by atoms with Crippen molar-refractivity contribution in [2.45, 2.75) is 43.8 Å². The van der Waals surface area contributed by atoms with E-state index in [0.29, 0.717) is 18.4 Å². The van der Waals surface area contributed by atoms with E-state index in [2.05, 4.69) is 5.32 Å². The minimum Gasteiger partial charge on any atom is -0.316 e. The van der Waals surface area contributed by atoms with Crippen molar-refractivity contribution < 1.29 is 18.0 Å². The first kappa shape index (κ1) is 14.4. The van der Waals surface area contributed by atoms with Crippen LogP contribution in [0.15, 0.2) is 24.3 Å².